The molecule has 6 nitrogen and oxygen atoms in total. The average Bonchev–Trinajstić information content (AvgIpc) is 2.94. The Morgan fingerprint density at radius 2 is 1.86 bits per heavy atom. The highest BCUT2D eigenvalue weighted by Crippen LogP contribution is 2.34. The normalized spacial score (nSPS) is 15.3. The zero-order valence-electron chi connectivity index (χ0n) is 16.6. The van der Waals surface area contributed by atoms with Gasteiger partial charge in [-0.2, -0.15) is 0 Å². The van der Waals surface area contributed by atoms with Gasteiger partial charge in [0.25, 0.3) is 11.1 Å². The molecule has 0 bridgehead atoms. The Bertz CT molecular complexity index is 970. The van der Waals surface area contributed by atoms with Gasteiger partial charge < -0.3 is 14.6 Å². The van der Waals surface area contributed by atoms with Crippen LogP contribution in [0.4, 0.5) is 4.79 Å². The lowest BCUT2D eigenvalue weighted by molar-refractivity contribution is -0.123. The van der Waals surface area contributed by atoms with Crippen LogP contribution in [0.25, 0.3) is 6.08 Å². The van der Waals surface area contributed by atoms with Crippen molar-refractivity contribution in [1.82, 2.24) is 4.90 Å². The minimum atomic E-state index is -0.351. The number of hydrogen-bond acceptors (Lipinski definition) is 6. The molecule has 29 heavy (non-hydrogen) atoms. The molecule has 1 N–H and O–H groups in total. The minimum absolute atomic E-state index is 0.0284. The molecule has 2 aromatic rings. The molecule has 0 unspecified atom stereocenters. The first kappa shape index (κ1) is 20.8. The molecule has 0 spiro atoms. The molecule has 0 saturated carbocycles. The zero-order valence-corrected chi connectivity index (χ0v) is 17.4. The highest BCUT2D eigenvalue weighted by Gasteiger charge is 2.34. The van der Waals surface area contributed by atoms with Gasteiger partial charge in [-0.25, -0.2) is 0 Å². The van der Waals surface area contributed by atoms with E-state index in [-0.39, 0.29) is 30.0 Å². The summed E-state index contributed by atoms with van der Waals surface area (Å²) in [5.74, 6) is 0.763. The summed E-state index contributed by atoms with van der Waals surface area (Å²) in [6, 6.07) is 10.7. The van der Waals surface area contributed by atoms with Gasteiger partial charge in [-0.3, -0.25) is 14.5 Å². The van der Waals surface area contributed by atoms with E-state index in [4.69, 9.17) is 9.47 Å². The van der Waals surface area contributed by atoms with Crippen LogP contribution in [0.3, 0.4) is 0 Å². The standard InChI is InChI=1S/C22H23NO5S/c1-4-27-19-12-16(7-8-17(19)24)13-20-21(25)23(22(26)29-20)9-10-28-18-11-14(2)5-6-15(18)3/h5-8,11-13,24H,4,9-10H2,1-3H3/b20-13-. The van der Waals surface area contributed by atoms with Crippen LogP contribution in [-0.4, -0.2) is 40.9 Å². The van der Waals surface area contributed by atoms with Gasteiger partial charge >= 0.3 is 0 Å². The number of rotatable bonds is 7. The van der Waals surface area contributed by atoms with E-state index < -0.39 is 0 Å². The number of aromatic hydroxyl groups is 1. The fraction of sp³-hybridized carbons (Fsp3) is 0.273. The molecule has 0 aromatic heterocycles. The van der Waals surface area contributed by atoms with Gasteiger partial charge in [-0.1, -0.05) is 18.2 Å². The second-order valence-corrected chi connectivity index (χ2v) is 7.60. The molecule has 0 radical (unpaired) electrons. The van der Waals surface area contributed by atoms with Gasteiger partial charge in [0, 0.05) is 0 Å². The van der Waals surface area contributed by atoms with Crippen LogP contribution < -0.4 is 9.47 Å². The third-order valence-electron chi connectivity index (χ3n) is 4.37. The Morgan fingerprint density at radius 1 is 1.07 bits per heavy atom. The van der Waals surface area contributed by atoms with Crippen molar-refractivity contribution in [3.8, 4) is 17.2 Å². The number of aryl methyl sites for hydroxylation is 2. The van der Waals surface area contributed by atoms with Crippen molar-refractivity contribution in [1.29, 1.82) is 0 Å². The van der Waals surface area contributed by atoms with Crippen molar-refractivity contribution in [3.05, 3.63) is 58.0 Å². The molecule has 7 heteroatoms. The summed E-state index contributed by atoms with van der Waals surface area (Å²) in [6.07, 6.45) is 1.62. The second kappa shape index (κ2) is 9.05. The predicted octanol–water partition coefficient (Wildman–Crippen LogP) is 4.52. The van der Waals surface area contributed by atoms with Crippen LogP contribution in [0.5, 0.6) is 17.2 Å². The van der Waals surface area contributed by atoms with E-state index in [0.29, 0.717) is 22.8 Å². The number of thioether (sulfide) groups is 1. The highest BCUT2D eigenvalue weighted by atomic mass is 32.2. The summed E-state index contributed by atoms with van der Waals surface area (Å²) in [4.78, 5) is 26.4. The third kappa shape index (κ3) is 4.92. The summed E-state index contributed by atoms with van der Waals surface area (Å²) in [5.41, 5.74) is 2.76. The summed E-state index contributed by atoms with van der Waals surface area (Å²) < 4.78 is 11.1. The zero-order chi connectivity index (χ0) is 21.0. The van der Waals surface area contributed by atoms with E-state index in [1.807, 2.05) is 39.0 Å². The van der Waals surface area contributed by atoms with E-state index in [9.17, 15) is 14.7 Å². The van der Waals surface area contributed by atoms with Crippen LogP contribution in [0.1, 0.15) is 23.6 Å². The summed E-state index contributed by atoms with van der Waals surface area (Å²) in [7, 11) is 0. The predicted molar refractivity (Wildman–Crippen MR) is 113 cm³/mol. The van der Waals surface area contributed by atoms with Crippen molar-refractivity contribution < 1.29 is 24.2 Å². The van der Waals surface area contributed by atoms with E-state index >= 15 is 0 Å². The first-order chi connectivity index (χ1) is 13.9. The van der Waals surface area contributed by atoms with Crippen LogP contribution >= 0.6 is 11.8 Å². The van der Waals surface area contributed by atoms with Crippen LogP contribution in [0.2, 0.25) is 0 Å². The Kier molecular flexibility index (Phi) is 6.49. The molecule has 3 rings (SSSR count). The van der Waals surface area contributed by atoms with Gasteiger partial charge in [0.2, 0.25) is 0 Å². The lowest BCUT2D eigenvalue weighted by atomic mass is 10.1. The number of benzene rings is 2. The topological polar surface area (TPSA) is 76.1 Å². The van der Waals surface area contributed by atoms with Gasteiger partial charge in [0.1, 0.15) is 12.4 Å². The highest BCUT2D eigenvalue weighted by molar-refractivity contribution is 8.18. The SMILES string of the molecule is CCOc1cc(/C=C2\SC(=O)N(CCOc3cc(C)ccc3C)C2=O)ccc1O. The maximum Gasteiger partial charge on any atom is 0.293 e. The quantitative estimate of drug-likeness (QED) is 0.673. The first-order valence-corrected chi connectivity index (χ1v) is 10.1. The van der Waals surface area contributed by atoms with Gasteiger partial charge in [-0.05, 0) is 73.5 Å². The van der Waals surface area contributed by atoms with Gasteiger partial charge in [0.15, 0.2) is 11.5 Å². The fourth-order valence-corrected chi connectivity index (χ4v) is 3.71. The number of carbonyl (C=O) groups is 2. The van der Waals surface area contributed by atoms with Crippen molar-refractivity contribution >= 4 is 29.0 Å². The van der Waals surface area contributed by atoms with E-state index in [2.05, 4.69) is 0 Å². The molecule has 1 fully saturated rings. The molecule has 0 atom stereocenters. The number of nitrogens with zero attached hydrogens (tertiary/aromatic N) is 1. The van der Waals surface area contributed by atoms with Crippen molar-refractivity contribution in [2.75, 3.05) is 19.8 Å². The molecule has 1 heterocycles. The fourth-order valence-electron chi connectivity index (χ4n) is 2.85. The molecular formula is C22H23NO5S. The Balaban J connectivity index is 1.67. The van der Waals surface area contributed by atoms with E-state index in [1.54, 1.807) is 18.2 Å². The largest absolute Gasteiger partial charge is 0.504 e. The Morgan fingerprint density at radius 3 is 2.62 bits per heavy atom. The maximum atomic E-state index is 12.6. The molecule has 2 amide bonds. The molecule has 1 saturated heterocycles. The monoisotopic (exact) mass is 413 g/mol. The Hall–Kier alpha value is -2.93. The Labute approximate surface area is 174 Å². The van der Waals surface area contributed by atoms with Crippen LogP contribution in [0.15, 0.2) is 41.3 Å². The number of phenols is 1. The maximum absolute atomic E-state index is 12.6. The second-order valence-electron chi connectivity index (χ2n) is 6.61. The summed E-state index contributed by atoms with van der Waals surface area (Å²) >= 11 is 0.892. The number of hydrogen-bond donors (Lipinski definition) is 1. The number of amides is 2. The third-order valence-corrected chi connectivity index (χ3v) is 5.28. The smallest absolute Gasteiger partial charge is 0.293 e. The van der Waals surface area contributed by atoms with Crippen LogP contribution in [-0.2, 0) is 4.79 Å². The molecular weight excluding hydrogens is 390 g/mol. The lowest BCUT2D eigenvalue weighted by Crippen LogP contribution is -2.32. The number of ether oxygens (including phenoxy) is 2. The summed E-state index contributed by atoms with van der Waals surface area (Å²) in [6.45, 7) is 6.56. The summed E-state index contributed by atoms with van der Waals surface area (Å²) in [5, 5.41) is 9.47. The average molecular weight is 413 g/mol. The van der Waals surface area contributed by atoms with Crippen molar-refractivity contribution in [2.24, 2.45) is 0 Å². The number of phenolic OH excluding ortho intramolecular Hbond substituents is 1. The molecule has 152 valence electrons. The van der Waals surface area contributed by atoms with E-state index in [0.717, 1.165) is 28.6 Å². The minimum Gasteiger partial charge on any atom is -0.504 e. The number of imide groups is 1. The van der Waals surface area contributed by atoms with Gasteiger partial charge in [0.05, 0.1) is 18.1 Å². The molecule has 1 aliphatic heterocycles. The first-order valence-electron chi connectivity index (χ1n) is 9.30. The van der Waals surface area contributed by atoms with Crippen LogP contribution in [0, 0.1) is 13.8 Å². The van der Waals surface area contributed by atoms with Crippen molar-refractivity contribution in [3.63, 3.8) is 0 Å². The molecule has 1 aliphatic rings. The molecule has 0 aliphatic carbocycles. The number of carbonyl (C=O) groups excluding carboxylic acids is 2. The van der Waals surface area contributed by atoms with Gasteiger partial charge in [-0.15, -0.1) is 0 Å². The van der Waals surface area contributed by atoms with E-state index in [1.165, 1.54) is 11.0 Å². The lowest BCUT2D eigenvalue weighted by Gasteiger charge is -2.14. The molecule has 2 aromatic carbocycles. The van der Waals surface area contributed by atoms with Crippen molar-refractivity contribution in [2.45, 2.75) is 20.8 Å².